The lowest BCUT2D eigenvalue weighted by molar-refractivity contribution is 0.101. The number of nitrogens with zero attached hydrogens (tertiary/aromatic N) is 2. The fourth-order valence-electron chi connectivity index (χ4n) is 3.99. The average Bonchev–Trinajstić information content (AvgIpc) is 2.93. The number of pyridine rings is 2. The first-order valence-electron chi connectivity index (χ1n) is 12.7. The molecule has 0 radical (unpaired) electrons. The van der Waals surface area contributed by atoms with Crippen molar-refractivity contribution in [2.24, 2.45) is 0 Å². The molecule has 0 bridgehead atoms. The third kappa shape index (κ3) is 6.74. The predicted octanol–water partition coefficient (Wildman–Crippen LogP) is 5.76. The number of nitrogens with one attached hydrogen (secondary N) is 2. The van der Waals surface area contributed by atoms with Crippen molar-refractivity contribution in [3.63, 3.8) is 0 Å². The topological polar surface area (TPSA) is 128 Å². The molecule has 0 unspecified atom stereocenters. The Morgan fingerprint density at radius 3 is 2.20 bits per heavy atom. The van der Waals surface area contributed by atoms with Gasteiger partial charge in [-0.2, -0.15) is 0 Å². The molecule has 0 aliphatic carbocycles. The number of aromatic nitrogens is 2. The van der Waals surface area contributed by atoms with Crippen LogP contribution in [0.5, 0.6) is 11.5 Å². The Hall–Kier alpha value is -4.92. The molecule has 206 valence electrons. The van der Waals surface area contributed by atoms with E-state index in [2.05, 4.69) is 20.6 Å². The van der Waals surface area contributed by atoms with Crippen LogP contribution in [0.4, 0.5) is 17.1 Å². The van der Waals surface area contributed by atoms with Crippen molar-refractivity contribution in [2.75, 3.05) is 23.5 Å². The molecule has 4 rings (SSSR count). The number of methoxy groups -OCH3 is 1. The van der Waals surface area contributed by atoms with Gasteiger partial charge in [0.05, 0.1) is 41.5 Å². The molecule has 0 spiro atoms. The molecule has 2 aromatic carbocycles. The van der Waals surface area contributed by atoms with Gasteiger partial charge in [-0.25, -0.2) is 0 Å². The van der Waals surface area contributed by atoms with E-state index in [-0.39, 0.29) is 17.1 Å². The van der Waals surface area contributed by atoms with E-state index < -0.39 is 5.91 Å². The Morgan fingerprint density at radius 2 is 1.55 bits per heavy atom. The summed E-state index contributed by atoms with van der Waals surface area (Å²) in [5.74, 6) is 0.179. The van der Waals surface area contributed by atoms with Crippen LogP contribution in [0.25, 0.3) is 0 Å². The molecule has 2 aromatic heterocycles. The Morgan fingerprint density at radius 1 is 0.900 bits per heavy atom. The number of nitrogens with two attached hydrogens (primary N) is 1. The van der Waals surface area contributed by atoms with E-state index in [9.17, 15) is 9.59 Å². The molecule has 9 nitrogen and oxygen atoms in total. The molecule has 4 aromatic rings. The summed E-state index contributed by atoms with van der Waals surface area (Å²) in [4.78, 5) is 34.7. The SMILES string of the molecule is COc1c(N)cc(C(C)(C)C)cc1C(=O)Nc1cnc(C)c(C(=O)Nc2ccc(OCc3ccncc3)cc2)c1. The van der Waals surface area contributed by atoms with Gasteiger partial charge in [0.2, 0.25) is 0 Å². The van der Waals surface area contributed by atoms with Crippen LogP contribution in [0.1, 0.15) is 58.3 Å². The van der Waals surface area contributed by atoms with Crippen molar-refractivity contribution < 1.29 is 19.1 Å². The van der Waals surface area contributed by atoms with E-state index in [1.54, 1.807) is 55.7 Å². The van der Waals surface area contributed by atoms with Crippen molar-refractivity contribution in [3.05, 3.63) is 101 Å². The molecule has 0 aliphatic rings. The number of aryl methyl sites for hydroxylation is 1. The van der Waals surface area contributed by atoms with Crippen LogP contribution in [0.15, 0.2) is 73.2 Å². The molecule has 2 amide bonds. The van der Waals surface area contributed by atoms with Crippen LogP contribution in [0, 0.1) is 6.92 Å². The van der Waals surface area contributed by atoms with Gasteiger partial charge in [0, 0.05) is 18.1 Å². The summed E-state index contributed by atoms with van der Waals surface area (Å²) < 4.78 is 11.2. The van der Waals surface area contributed by atoms with Gasteiger partial charge in [-0.15, -0.1) is 0 Å². The van der Waals surface area contributed by atoms with E-state index in [0.29, 0.717) is 46.2 Å². The molecule has 0 saturated heterocycles. The van der Waals surface area contributed by atoms with Crippen LogP contribution in [-0.4, -0.2) is 28.9 Å². The minimum atomic E-state index is -0.422. The largest absolute Gasteiger partial charge is 0.494 e. The van der Waals surface area contributed by atoms with Gasteiger partial charge in [-0.05, 0) is 78.1 Å². The molecule has 4 N–H and O–H groups in total. The second-order valence-electron chi connectivity index (χ2n) is 10.3. The van der Waals surface area contributed by atoms with Crippen molar-refractivity contribution in [2.45, 2.75) is 39.7 Å². The third-order valence-electron chi connectivity index (χ3n) is 6.29. The highest BCUT2D eigenvalue weighted by molar-refractivity contribution is 6.09. The van der Waals surface area contributed by atoms with Crippen LogP contribution >= 0.6 is 0 Å². The maximum Gasteiger partial charge on any atom is 0.259 e. The van der Waals surface area contributed by atoms with E-state index in [1.165, 1.54) is 13.3 Å². The van der Waals surface area contributed by atoms with E-state index in [4.69, 9.17) is 15.2 Å². The van der Waals surface area contributed by atoms with E-state index in [0.717, 1.165) is 11.1 Å². The van der Waals surface area contributed by atoms with Crippen LogP contribution in [-0.2, 0) is 12.0 Å². The zero-order valence-corrected chi connectivity index (χ0v) is 23.2. The molecular weight excluding hydrogens is 506 g/mol. The summed E-state index contributed by atoms with van der Waals surface area (Å²) in [6, 6.07) is 16.0. The Labute approximate surface area is 233 Å². The smallest absolute Gasteiger partial charge is 0.259 e. The molecule has 9 heteroatoms. The zero-order chi connectivity index (χ0) is 28.9. The Kier molecular flexibility index (Phi) is 8.33. The number of hydrogen-bond acceptors (Lipinski definition) is 7. The van der Waals surface area contributed by atoms with E-state index >= 15 is 0 Å². The molecule has 0 saturated carbocycles. The van der Waals surface area contributed by atoms with Gasteiger partial charge in [0.15, 0.2) is 5.75 Å². The van der Waals surface area contributed by atoms with Gasteiger partial charge in [0.25, 0.3) is 11.8 Å². The van der Waals surface area contributed by atoms with Gasteiger partial charge >= 0.3 is 0 Å². The number of benzene rings is 2. The Balaban J connectivity index is 1.47. The molecule has 0 atom stereocenters. The van der Waals surface area contributed by atoms with E-state index in [1.807, 2.05) is 39.0 Å². The van der Waals surface area contributed by atoms with Gasteiger partial charge in [-0.1, -0.05) is 20.8 Å². The second-order valence-corrected chi connectivity index (χ2v) is 10.3. The number of carbonyl (C=O) groups is 2. The minimum Gasteiger partial charge on any atom is -0.494 e. The Bertz CT molecular complexity index is 1510. The van der Waals surface area contributed by atoms with Crippen LogP contribution in [0.3, 0.4) is 0 Å². The van der Waals surface area contributed by atoms with Crippen molar-refractivity contribution in [1.29, 1.82) is 0 Å². The maximum absolute atomic E-state index is 13.3. The molecule has 2 heterocycles. The standard InChI is InChI=1S/C31H33N5O4/c1-19-25(29(37)35-22-6-8-24(9-7-22)40-18-20-10-12-33-13-11-20)16-23(17-34-19)36-30(38)26-14-21(31(2,3)4)15-27(32)28(26)39-5/h6-17H,18,32H2,1-5H3,(H,35,37)(H,36,38). The van der Waals surface area contributed by atoms with Crippen LogP contribution in [0.2, 0.25) is 0 Å². The molecular formula is C31H33N5O4. The van der Waals surface area contributed by atoms with Gasteiger partial charge in [-0.3, -0.25) is 19.6 Å². The average molecular weight is 540 g/mol. The predicted molar refractivity (Wildman–Crippen MR) is 156 cm³/mol. The quantitative estimate of drug-likeness (QED) is 0.243. The first kappa shape index (κ1) is 28.1. The summed E-state index contributed by atoms with van der Waals surface area (Å²) in [6.45, 7) is 8.25. The monoisotopic (exact) mass is 539 g/mol. The third-order valence-corrected chi connectivity index (χ3v) is 6.29. The second kappa shape index (κ2) is 11.9. The van der Waals surface area contributed by atoms with Crippen molar-refractivity contribution in [1.82, 2.24) is 9.97 Å². The summed E-state index contributed by atoms with van der Waals surface area (Å²) in [7, 11) is 1.47. The fraction of sp³-hybridized carbons (Fsp3) is 0.226. The van der Waals surface area contributed by atoms with Crippen molar-refractivity contribution >= 4 is 28.9 Å². The number of nitrogen functional groups attached to an aromatic ring is 1. The number of rotatable bonds is 8. The molecule has 0 aliphatic heterocycles. The molecule has 0 fully saturated rings. The van der Waals surface area contributed by atoms with Crippen molar-refractivity contribution in [3.8, 4) is 11.5 Å². The first-order valence-corrected chi connectivity index (χ1v) is 12.7. The number of hydrogen-bond donors (Lipinski definition) is 3. The fourth-order valence-corrected chi connectivity index (χ4v) is 3.99. The highest BCUT2D eigenvalue weighted by atomic mass is 16.5. The number of anilines is 3. The number of ether oxygens (including phenoxy) is 2. The van der Waals surface area contributed by atoms with Gasteiger partial charge < -0.3 is 25.8 Å². The highest BCUT2D eigenvalue weighted by Gasteiger charge is 2.22. The van der Waals surface area contributed by atoms with Gasteiger partial charge in [0.1, 0.15) is 12.4 Å². The lowest BCUT2D eigenvalue weighted by Crippen LogP contribution is -2.19. The lowest BCUT2D eigenvalue weighted by atomic mass is 9.85. The maximum atomic E-state index is 13.3. The minimum absolute atomic E-state index is 0.226. The molecule has 40 heavy (non-hydrogen) atoms. The normalized spacial score (nSPS) is 11.0. The lowest BCUT2D eigenvalue weighted by Gasteiger charge is -2.22. The summed E-state index contributed by atoms with van der Waals surface area (Å²) >= 11 is 0. The summed E-state index contributed by atoms with van der Waals surface area (Å²) in [5.41, 5.74) is 10.3. The summed E-state index contributed by atoms with van der Waals surface area (Å²) in [5, 5.41) is 5.69. The summed E-state index contributed by atoms with van der Waals surface area (Å²) in [6.07, 6.45) is 4.93. The first-order chi connectivity index (χ1) is 19.0. The number of amides is 2. The zero-order valence-electron chi connectivity index (χ0n) is 23.2. The number of carbonyl (C=O) groups excluding carboxylic acids is 2. The van der Waals surface area contributed by atoms with Crippen LogP contribution < -0.4 is 25.8 Å². The highest BCUT2D eigenvalue weighted by Crippen LogP contribution is 2.34.